The molecule has 1 fully saturated rings. The van der Waals surface area contributed by atoms with Gasteiger partial charge in [-0.1, -0.05) is 0 Å². The van der Waals surface area contributed by atoms with E-state index in [1.807, 2.05) is 19.1 Å². The molecule has 0 saturated carbocycles. The van der Waals surface area contributed by atoms with Gasteiger partial charge in [0.25, 0.3) is 5.91 Å². The lowest BCUT2D eigenvalue weighted by atomic mass is 9.99. The highest BCUT2D eigenvalue weighted by molar-refractivity contribution is 7.07. The van der Waals surface area contributed by atoms with Crippen molar-refractivity contribution in [1.29, 1.82) is 0 Å². The predicted octanol–water partition coefficient (Wildman–Crippen LogP) is 4.69. The number of nitrogens with zero attached hydrogens (tertiary/aromatic N) is 3. The van der Waals surface area contributed by atoms with E-state index < -0.39 is 0 Å². The molecule has 1 aliphatic heterocycles. The summed E-state index contributed by atoms with van der Waals surface area (Å²) in [4.78, 5) is 17.8. The molecular weight excluding hydrogens is 484 g/mol. The number of aromatic nitrogens is 1. The van der Waals surface area contributed by atoms with Gasteiger partial charge in [0.15, 0.2) is 6.20 Å². The Balaban J connectivity index is 1.31. The second-order valence-corrected chi connectivity index (χ2v) is 10.7. The van der Waals surface area contributed by atoms with Gasteiger partial charge in [-0.2, -0.15) is 16.1 Å². The first-order valence-electron chi connectivity index (χ1n) is 13.0. The molecule has 1 N–H and O–H groups in total. The fourth-order valence-electron chi connectivity index (χ4n) is 5.20. The van der Waals surface area contributed by atoms with E-state index in [1.165, 1.54) is 17.4 Å². The minimum atomic E-state index is -0.172. The van der Waals surface area contributed by atoms with Crippen molar-refractivity contribution >= 4 is 22.9 Å². The number of amides is 1. The molecule has 7 nitrogen and oxygen atoms in total. The number of carbonyl (C=O) groups is 1. The molecule has 2 aromatic heterocycles. The maximum Gasteiger partial charge on any atom is 0.257 e. The zero-order valence-corrected chi connectivity index (χ0v) is 23.1. The van der Waals surface area contributed by atoms with Crippen LogP contribution in [-0.2, 0) is 6.54 Å². The number of nitrogens with one attached hydrogen (secondary N) is 1. The zero-order chi connectivity index (χ0) is 26.4. The number of rotatable bonds is 10. The van der Waals surface area contributed by atoms with Gasteiger partial charge in [0.2, 0.25) is 5.69 Å². The standard InChI is InChI=1S/C29H38N4O3S/c1-21-10-17-33(35)23(3)28(21)29(34)30-14-9-22(2)31-15-11-26(12-16-31)32(19-24-13-18-37-20-24)25-5-7-27(36-4)8-6-25/h5-8,10,13,17-18,20,22,26H,9,11-12,14-16,19H2,1-4H3,(H,30,34)/t22-/m1/s1. The van der Waals surface area contributed by atoms with Crippen LogP contribution in [0.15, 0.2) is 53.4 Å². The van der Waals surface area contributed by atoms with Crippen LogP contribution in [-0.4, -0.2) is 49.6 Å². The third-order valence-electron chi connectivity index (χ3n) is 7.52. The van der Waals surface area contributed by atoms with Crippen LogP contribution < -0.4 is 19.7 Å². The van der Waals surface area contributed by atoms with Crippen LogP contribution in [0.3, 0.4) is 0 Å². The van der Waals surface area contributed by atoms with Gasteiger partial charge >= 0.3 is 0 Å². The lowest BCUT2D eigenvalue weighted by molar-refractivity contribution is -0.612. The van der Waals surface area contributed by atoms with Crippen molar-refractivity contribution < 1.29 is 14.3 Å². The van der Waals surface area contributed by atoms with E-state index in [0.29, 0.717) is 29.9 Å². The van der Waals surface area contributed by atoms with Gasteiger partial charge < -0.3 is 25.1 Å². The number of methoxy groups -OCH3 is 1. The molecular formula is C29H38N4O3S. The number of piperidine rings is 1. The smallest absolute Gasteiger partial charge is 0.257 e. The normalized spacial score (nSPS) is 15.4. The summed E-state index contributed by atoms with van der Waals surface area (Å²) in [6, 6.07) is 13.1. The van der Waals surface area contributed by atoms with Crippen molar-refractivity contribution in [3.8, 4) is 5.75 Å². The van der Waals surface area contributed by atoms with Crippen LogP contribution >= 0.6 is 11.3 Å². The molecule has 8 heteroatoms. The summed E-state index contributed by atoms with van der Waals surface area (Å²) in [7, 11) is 1.70. The van der Waals surface area contributed by atoms with Crippen LogP contribution in [0.5, 0.6) is 5.75 Å². The van der Waals surface area contributed by atoms with Crippen LogP contribution in [0.4, 0.5) is 5.69 Å². The average Bonchev–Trinajstić information content (AvgIpc) is 3.43. The van der Waals surface area contributed by atoms with Crippen molar-refractivity contribution in [2.75, 3.05) is 31.6 Å². The Labute approximate surface area is 224 Å². The van der Waals surface area contributed by atoms with Crippen molar-refractivity contribution in [1.82, 2.24) is 10.2 Å². The van der Waals surface area contributed by atoms with E-state index in [2.05, 4.69) is 51.0 Å². The summed E-state index contributed by atoms with van der Waals surface area (Å²) in [5, 5.41) is 19.3. The summed E-state index contributed by atoms with van der Waals surface area (Å²) >= 11 is 1.74. The lowest BCUT2D eigenvalue weighted by Crippen LogP contribution is -2.48. The fourth-order valence-corrected chi connectivity index (χ4v) is 5.86. The Morgan fingerprint density at radius 2 is 1.95 bits per heavy atom. The molecule has 3 aromatic rings. The third kappa shape index (κ3) is 6.62. The van der Waals surface area contributed by atoms with Crippen LogP contribution in [0.2, 0.25) is 0 Å². The van der Waals surface area contributed by atoms with Gasteiger partial charge in [-0.15, -0.1) is 0 Å². The van der Waals surface area contributed by atoms with E-state index in [4.69, 9.17) is 4.74 Å². The number of likely N-dealkylation sites (tertiary alicyclic amines) is 1. The topological polar surface area (TPSA) is 71.8 Å². The van der Waals surface area contributed by atoms with Crippen molar-refractivity contribution in [2.45, 2.75) is 58.7 Å². The highest BCUT2D eigenvalue weighted by Crippen LogP contribution is 2.29. The number of aryl methyl sites for hydroxylation is 1. The van der Waals surface area contributed by atoms with Crippen LogP contribution in [0.1, 0.15) is 53.4 Å². The zero-order valence-electron chi connectivity index (χ0n) is 22.3. The fraction of sp³-hybridized carbons (Fsp3) is 0.448. The monoisotopic (exact) mass is 522 g/mol. The van der Waals surface area contributed by atoms with E-state index in [1.54, 1.807) is 31.4 Å². The maximum absolute atomic E-state index is 12.7. The second-order valence-electron chi connectivity index (χ2n) is 9.90. The van der Waals surface area contributed by atoms with Crippen molar-refractivity contribution in [2.24, 2.45) is 0 Å². The first-order valence-corrected chi connectivity index (χ1v) is 13.9. The summed E-state index contributed by atoms with van der Waals surface area (Å²) in [5.41, 5.74) is 4.32. The number of ether oxygens (including phenoxy) is 1. The third-order valence-corrected chi connectivity index (χ3v) is 8.25. The summed E-state index contributed by atoms with van der Waals surface area (Å²) < 4.78 is 6.12. The molecule has 1 atom stereocenters. The quantitative estimate of drug-likeness (QED) is 0.309. The van der Waals surface area contributed by atoms with E-state index in [0.717, 1.165) is 54.9 Å². The first kappa shape index (κ1) is 26.9. The molecule has 0 aliphatic carbocycles. The van der Waals surface area contributed by atoms with Gasteiger partial charge in [0.05, 0.1) is 7.11 Å². The molecule has 0 spiro atoms. The Morgan fingerprint density at radius 1 is 1.22 bits per heavy atom. The van der Waals surface area contributed by atoms with E-state index >= 15 is 0 Å². The Kier molecular flexibility index (Phi) is 9.05. The predicted molar refractivity (Wildman–Crippen MR) is 149 cm³/mol. The largest absolute Gasteiger partial charge is 0.618 e. The molecule has 0 radical (unpaired) electrons. The van der Waals surface area contributed by atoms with Crippen molar-refractivity contribution in [3.05, 3.63) is 80.9 Å². The SMILES string of the molecule is COc1ccc(N(Cc2ccsc2)C2CCN([C@H](C)CCNC(=O)c3c(C)cc[n+]([O-])c3C)CC2)cc1. The van der Waals surface area contributed by atoms with Gasteiger partial charge in [-0.3, -0.25) is 4.79 Å². The summed E-state index contributed by atoms with van der Waals surface area (Å²) in [6.07, 6.45) is 4.51. The number of thiophene rings is 1. The maximum atomic E-state index is 12.7. The van der Waals surface area contributed by atoms with Gasteiger partial charge in [0, 0.05) is 56.9 Å². The highest BCUT2D eigenvalue weighted by atomic mass is 32.1. The lowest BCUT2D eigenvalue weighted by Gasteiger charge is -2.42. The number of anilines is 1. The number of benzene rings is 1. The van der Waals surface area contributed by atoms with Gasteiger partial charge in [0.1, 0.15) is 11.3 Å². The van der Waals surface area contributed by atoms with Crippen LogP contribution in [0, 0.1) is 19.1 Å². The molecule has 198 valence electrons. The Bertz CT molecular complexity index is 1160. The number of hydrogen-bond donors (Lipinski definition) is 1. The molecule has 1 aromatic carbocycles. The molecule has 1 amide bonds. The second kappa shape index (κ2) is 12.4. The van der Waals surface area contributed by atoms with Crippen molar-refractivity contribution in [3.63, 3.8) is 0 Å². The first-order chi connectivity index (χ1) is 17.9. The van der Waals surface area contributed by atoms with Gasteiger partial charge in [-0.25, -0.2) is 0 Å². The van der Waals surface area contributed by atoms with Crippen LogP contribution in [0.25, 0.3) is 0 Å². The minimum Gasteiger partial charge on any atom is -0.618 e. The average molecular weight is 523 g/mol. The molecule has 37 heavy (non-hydrogen) atoms. The van der Waals surface area contributed by atoms with E-state index in [-0.39, 0.29) is 5.91 Å². The Hall–Kier alpha value is -3.10. The number of hydrogen-bond acceptors (Lipinski definition) is 6. The summed E-state index contributed by atoms with van der Waals surface area (Å²) in [6.45, 7) is 9.35. The molecule has 0 bridgehead atoms. The molecule has 0 unspecified atom stereocenters. The molecule has 3 heterocycles. The van der Waals surface area contributed by atoms with E-state index in [9.17, 15) is 10.0 Å². The summed E-state index contributed by atoms with van der Waals surface area (Å²) in [5.74, 6) is 0.703. The number of carbonyl (C=O) groups excluding carboxylic acids is 1. The molecule has 1 aliphatic rings. The Morgan fingerprint density at radius 3 is 2.59 bits per heavy atom. The molecule has 1 saturated heterocycles. The van der Waals surface area contributed by atoms with Gasteiger partial charge in [-0.05, 0) is 85.3 Å². The highest BCUT2D eigenvalue weighted by Gasteiger charge is 2.27. The minimum absolute atomic E-state index is 0.172. The number of pyridine rings is 1. The molecule has 4 rings (SSSR count).